The number of carbonyl (C=O) groups is 2. The van der Waals surface area contributed by atoms with Gasteiger partial charge in [-0.2, -0.15) is 0 Å². The van der Waals surface area contributed by atoms with Crippen LogP contribution in [0.2, 0.25) is 0 Å². The molecule has 0 amide bonds. The summed E-state index contributed by atoms with van der Waals surface area (Å²) < 4.78 is 46.7. The molecule has 0 N–H and O–H groups in total. The average molecular weight is 442 g/mol. The Hall–Kier alpha value is -3.61. The van der Waals surface area contributed by atoms with Crippen LogP contribution in [0.5, 0.6) is 17.2 Å². The molecule has 0 saturated carbocycles. The zero-order valence-electron chi connectivity index (χ0n) is 17.7. The van der Waals surface area contributed by atoms with Crippen LogP contribution in [0.15, 0.2) is 60.7 Å². The highest BCUT2D eigenvalue weighted by Gasteiger charge is 2.31. The first-order chi connectivity index (χ1) is 15.0. The fourth-order valence-corrected chi connectivity index (χ4v) is 3.08. The minimum Gasteiger partial charge on any atom is -0.456 e. The van der Waals surface area contributed by atoms with Gasteiger partial charge in [0.2, 0.25) is 0 Å². The van der Waals surface area contributed by atoms with E-state index < -0.39 is 6.36 Å². The summed E-state index contributed by atoms with van der Waals surface area (Å²) >= 11 is 0. The summed E-state index contributed by atoms with van der Waals surface area (Å²) in [7, 11) is 0. The Kier molecular flexibility index (Phi) is 6.39. The molecule has 0 radical (unpaired) electrons. The molecule has 0 fully saturated rings. The van der Waals surface area contributed by atoms with E-state index in [9.17, 15) is 22.8 Å². The van der Waals surface area contributed by atoms with Crippen molar-refractivity contribution < 1.29 is 32.2 Å². The normalized spacial score (nSPS) is 11.7. The van der Waals surface area contributed by atoms with Crippen molar-refractivity contribution in [2.75, 3.05) is 0 Å². The topological polar surface area (TPSA) is 52.6 Å². The summed E-state index contributed by atoms with van der Waals surface area (Å²) in [5.74, 6) is 0.238. The summed E-state index contributed by atoms with van der Waals surface area (Å²) in [5, 5.41) is 0. The van der Waals surface area contributed by atoms with E-state index in [1.54, 1.807) is 30.3 Å². The third-order valence-electron chi connectivity index (χ3n) is 4.78. The molecule has 0 bridgehead atoms. The standard InChI is InChI=1S/C25H21F3O4/c1-24(2,3)20-7-11-23(19(13-20)15-30)31-22-10-6-17(12-18(22)14-29)16-4-8-21(9-5-16)32-25(26,27)28/h4-15H,1-3H3. The van der Waals surface area contributed by atoms with Crippen molar-refractivity contribution in [1.29, 1.82) is 0 Å². The highest BCUT2D eigenvalue weighted by molar-refractivity contribution is 5.84. The van der Waals surface area contributed by atoms with E-state index in [1.807, 2.05) is 26.8 Å². The molecule has 32 heavy (non-hydrogen) atoms. The van der Waals surface area contributed by atoms with Gasteiger partial charge in [0.1, 0.15) is 17.2 Å². The highest BCUT2D eigenvalue weighted by Crippen LogP contribution is 2.34. The third kappa shape index (κ3) is 5.55. The second kappa shape index (κ2) is 8.86. The zero-order valence-corrected chi connectivity index (χ0v) is 17.7. The number of carbonyl (C=O) groups excluding carboxylic acids is 2. The molecule has 0 saturated heterocycles. The van der Waals surface area contributed by atoms with Crippen LogP contribution >= 0.6 is 0 Å². The molecule has 166 valence electrons. The number of hydrogen-bond donors (Lipinski definition) is 0. The first-order valence-electron chi connectivity index (χ1n) is 9.73. The van der Waals surface area contributed by atoms with E-state index in [4.69, 9.17) is 4.74 Å². The molecule has 0 unspecified atom stereocenters. The molecule has 0 spiro atoms. The largest absolute Gasteiger partial charge is 0.573 e. The summed E-state index contributed by atoms with van der Waals surface area (Å²) in [6.45, 7) is 6.09. The number of aldehydes is 2. The average Bonchev–Trinajstić information content (AvgIpc) is 2.73. The molecule has 3 aromatic carbocycles. The van der Waals surface area contributed by atoms with Gasteiger partial charge in [-0.3, -0.25) is 9.59 Å². The van der Waals surface area contributed by atoms with Gasteiger partial charge in [0.15, 0.2) is 12.6 Å². The molecule has 0 atom stereocenters. The number of hydrogen-bond acceptors (Lipinski definition) is 4. The Bertz CT molecular complexity index is 1130. The van der Waals surface area contributed by atoms with Crippen LogP contribution in [0.25, 0.3) is 11.1 Å². The first kappa shape index (κ1) is 23.1. The summed E-state index contributed by atoms with van der Waals surface area (Å²) in [6.07, 6.45) is -3.45. The third-order valence-corrected chi connectivity index (χ3v) is 4.78. The molecular formula is C25H21F3O4. The second-order valence-electron chi connectivity index (χ2n) is 8.17. The SMILES string of the molecule is CC(C)(C)c1ccc(Oc2ccc(-c3ccc(OC(F)(F)F)cc3)cc2C=O)c(C=O)c1. The van der Waals surface area contributed by atoms with Crippen LogP contribution in [-0.4, -0.2) is 18.9 Å². The Morgan fingerprint density at radius 3 is 1.78 bits per heavy atom. The van der Waals surface area contributed by atoms with Gasteiger partial charge in [0.25, 0.3) is 0 Å². The van der Waals surface area contributed by atoms with E-state index in [0.717, 1.165) is 5.56 Å². The van der Waals surface area contributed by atoms with Crippen molar-refractivity contribution in [3.8, 4) is 28.4 Å². The molecule has 0 heterocycles. The molecule has 7 heteroatoms. The first-order valence-corrected chi connectivity index (χ1v) is 9.73. The summed E-state index contributed by atoms with van der Waals surface area (Å²) in [6, 6.07) is 15.4. The Balaban J connectivity index is 1.88. The zero-order chi connectivity index (χ0) is 23.5. The molecule has 4 nitrogen and oxygen atoms in total. The molecule has 3 rings (SSSR count). The lowest BCUT2D eigenvalue weighted by Crippen LogP contribution is -2.16. The molecule has 3 aromatic rings. The second-order valence-corrected chi connectivity index (χ2v) is 8.17. The fourth-order valence-electron chi connectivity index (χ4n) is 3.08. The number of ether oxygens (including phenoxy) is 2. The number of rotatable bonds is 6. The Morgan fingerprint density at radius 1 is 0.719 bits per heavy atom. The minimum absolute atomic E-state index is 0.146. The van der Waals surface area contributed by atoms with E-state index in [-0.39, 0.29) is 22.5 Å². The van der Waals surface area contributed by atoms with Gasteiger partial charge >= 0.3 is 6.36 Å². The van der Waals surface area contributed by atoms with Crippen LogP contribution in [0.1, 0.15) is 47.1 Å². The molecule has 0 aromatic heterocycles. The Labute approximate surface area is 183 Å². The quantitative estimate of drug-likeness (QED) is 0.387. The van der Waals surface area contributed by atoms with Crippen molar-refractivity contribution in [1.82, 2.24) is 0 Å². The highest BCUT2D eigenvalue weighted by atomic mass is 19.4. The van der Waals surface area contributed by atoms with E-state index in [1.165, 1.54) is 24.3 Å². The van der Waals surface area contributed by atoms with E-state index in [2.05, 4.69) is 4.74 Å². The number of halogens is 3. The van der Waals surface area contributed by atoms with Crippen LogP contribution < -0.4 is 9.47 Å². The maximum atomic E-state index is 12.3. The monoisotopic (exact) mass is 442 g/mol. The fraction of sp³-hybridized carbons (Fsp3) is 0.200. The van der Waals surface area contributed by atoms with E-state index in [0.29, 0.717) is 35.0 Å². The predicted molar refractivity (Wildman–Crippen MR) is 115 cm³/mol. The lowest BCUT2D eigenvalue weighted by Gasteiger charge is -2.20. The number of alkyl halides is 3. The van der Waals surface area contributed by atoms with Crippen molar-refractivity contribution in [3.05, 3.63) is 77.4 Å². The van der Waals surface area contributed by atoms with E-state index >= 15 is 0 Å². The van der Waals surface area contributed by atoms with Gasteiger partial charge in [-0.15, -0.1) is 13.2 Å². The maximum Gasteiger partial charge on any atom is 0.573 e. The molecule has 0 aliphatic heterocycles. The van der Waals surface area contributed by atoms with Crippen LogP contribution in [-0.2, 0) is 5.41 Å². The van der Waals surface area contributed by atoms with Crippen molar-refractivity contribution in [2.24, 2.45) is 0 Å². The lowest BCUT2D eigenvalue weighted by atomic mass is 9.86. The smallest absolute Gasteiger partial charge is 0.456 e. The van der Waals surface area contributed by atoms with Gasteiger partial charge < -0.3 is 9.47 Å². The van der Waals surface area contributed by atoms with Crippen molar-refractivity contribution >= 4 is 12.6 Å². The van der Waals surface area contributed by atoms with Crippen LogP contribution in [0, 0.1) is 0 Å². The van der Waals surface area contributed by atoms with Gasteiger partial charge in [-0.25, -0.2) is 0 Å². The van der Waals surface area contributed by atoms with Crippen LogP contribution in [0.3, 0.4) is 0 Å². The van der Waals surface area contributed by atoms with Crippen molar-refractivity contribution in [2.45, 2.75) is 32.5 Å². The maximum absolute atomic E-state index is 12.3. The van der Waals surface area contributed by atoms with Gasteiger partial charge in [-0.05, 0) is 58.5 Å². The van der Waals surface area contributed by atoms with Crippen LogP contribution in [0.4, 0.5) is 13.2 Å². The van der Waals surface area contributed by atoms with Gasteiger partial charge in [0, 0.05) is 0 Å². The summed E-state index contributed by atoms with van der Waals surface area (Å²) in [5.41, 5.74) is 2.62. The van der Waals surface area contributed by atoms with Crippen molar-refractivity contribution in [3.63, 3.8) is 0 Å². The summed E-state index contributed by atoms with van der Waals surface area (Å²) in [4.78, 5) is 23.2. The molecule has 0 aliphatic rings. The Morgan fingerprint density at radius 2 is 1.25 bits per heavy atom. The molecular weight excluding hydrogens is 421 g/mol. The minimum atomic E-state index is -4.77. The number of benzene rings is 3. The van der Waals surface area contributed by atoms with Gasteiger partial charge in [-0.1, -0.05) is 45.0 Å². The van der Waals surface area contributed by atoms with Gasteiger partial charge in [0.05, 0.1) is 11.1 Å². The predicted octanol–water partition coefficient (Wildman–Crippen LogP) is 6.97. The lowest BCUT2D eigenvalue weighted by molar-refractivity contribution is -0.274. The molecule has 0 aliphatic carbocycles.